The molecular formula is C19H20N2O5. The van der Waals surface area contributed by atoms with Crippen molar-refractivity contribution in [2.45, 2.75) is 12.5 Å². The largest absolute Gasteiger partial charge is 0.508 e. The van der Waals surface area contributed by atoms with Crippen molar-refractivity contribution >= 4 is 12.1 Å². The van der Waals surface area contributed by atoms with Crippen LogP contribution in [0, 0.1) is 0 Å². The molecule has 2 aromatic rings. The molecule has 1 heterocycles. The van der Waals surface area contributed by atoms with Crippen molar-refractivity contribution in [3.05, 3.63) is 47.5 Å². The molecule has 26 heavy (non-hydrogen) atoms. The van der Waals surface area contributed by atoms with E-state index in [1.807, 2.05) is 12.1 Å². The molecule has 1 atom stereocenters. The van der Waals surface area contributed by atoms with Crippen LogP contribution in [-0.2, 0) is 4.79 Å². The van der Waals surface area contributed by atoms with Gasteiger partial charge in [0, 0.05) is 12.0 Å². The topological polar surface area (TPSA) is 80.6 Å². The summed E-state index contributed by atoms with van der Waals surface area (Å²) in [5.41, 5.74) is 2.41. The fraction of sp³-hybridized carbons (Fsp3) is 0.263. The third-order valence-corrected chi connectivity index (χ3v) is 4.33. The van der Waals surface area contributed by atoms with Crippen LogP contribution in [0.15, 0.2) is 41.5 Å². The Labute approximate surface area is 151 Å². The lowest BCUT2D eigenvalue weighted by Crippen LogP contribution is -2.17. The van der Waals surface area contributed by atoms with Crippen LogP contribution >= 0.6 is 0 Å². The second-order valence-corrected chi connectivity index (χ2v) is 5.76. The number of carbonyl (C=O) groups is 1. The van der Waals surface area contributed by atoms with E-state index in [2.05, 4.69) is 5.10 Å². The van der Waals surface area contributed by atoms with E-state index >= 15 is 0 Å². The van der Waals surface area contributed by atoms with Crippen molar-refractivity contribution in [2.75, 3.05) is 21.3 Å². The summed E-state index contributed by atoms with van der Waals surface area (Å²) in [4.78, 5) is 11.5. The molecule has 0 unspecified atom stereocenters. The van der Waals surface area contributed by atoms with Crippen LogP contribution in [0.2, 0.25) is 0 Å². The molecule has 136 valence electrons. The highest BCUT2D eigenvalue weighted by Gasteiger charge is 2.29. The molecule has 1 amide bonds. The number of benzene rings is 2. The monoisotopic (exact) mass is 356 g/mol. The zero-order valence-corrected chi connectivity index (χ0v) is 14.8. The van der Waals surface area contributed by atoms with Gasteiger partial charge in [0.1, 0.15) is 5.75 Å². The van der Waals surface area contributed by atoms with Gasteiger partial charge in [0.25, 0.3) is 0 Å². The Balaban J connectivity index is 1.97. The van der Waals surface area contributed by atoms with Gasteiger partial charge in [0.15, 0.2) is 11.5 Å². The summed E-state index contributed by atoms with van der Waals surface area (Å²) in [6.07, 6.45) is 1.23. The first-order chi connectivity index (χ1) is 12.6. The van der Waals surface area contributed by atoms with Gasteiger partial charge in [-0.15, -0.1) is 0 Å². The Morgan fingerprint density at radius 3 is 2.19 bits per heavy atom. The van der Waals surface area contributed by atoms with Crippen molar-refractivity contribution in [3.8, 4) is 23.0 Å². The van der Waals surface area contributed by atoms with Crippen LogP contribution in [0.3, 0.4) is 0 Å². The first-order valence-corrected chi connectivity index (χ1v) is 8.01. The van der Waals surface area contributed by atoms with Crippen molar-refractivity contribution in [1.82, 2.24) is 5.01 Å². The van der Waals surface area contributed by atoms with E-state index in [-0.39, 0.29) is 11.8 Å². The number of carbonyl (C=O) groups excluding carboxylic acids is 1. The number of nitrogens with zero attached hydrogens (tertiary/aromatic N) is 2. The molecule has 0 saturated carbocycles. The number of hydrazone groups is 1. The third kappa shape index (κ3) is 3.15. The molecule has 0 bridgehead atoms. The normalized spacial score (nSPS) is 16.2. The van der Waals surface area contributed by atoms with Crippen LogP contribution in [0.4, 0.5) is 0 Å². The second kappa shape index (κ2) is 7.35. The molecule has 0 radical (unpaired) electrons. The lowest BCUT2D eigenvalue weighted by Gasteiger charge is -2.17. The molecule has 7 heteroatoms. The Bertz CT molecular complexity index is 807. The molecule has 2 aromatic carbocycles. The fourth-order valence-corrected chi connectivity index (χ4v) is 3.01. The molecule has 3 rings (SSSR count). The van der Waals surface area contributed by atoms with E-state index in [1.54, 1.807) is 45.6 Å². The lowest BCUT2D eigenvalue weighted by atomic mass is 9.98. The molecule has 0 spiro atoms. The van der Waals surface area contributed by atoms with Gasteiger partial charge >= 0.3 is 0 Å². The SMILES string of the molecule is COc1cc(C2=NN(C=O)[C@H](c3ccc(O)cc3)C2)cc(OC)c1OC. The highest BCUT2D eigenvalue weighted by Crippen LogP contribution is 2.40. The van der Waals surface area contributed by atoms with Crippen molar-refractivity contribution < 1.29 is 24.1 Å². The molecule has 7 nitrogen and oxygen atoms in total. The van der Waals surface area contributed by atoms with E-state index in [4.69, 9.17) is 14.2 Å². The first kappa shape index (κ1) is 17.6. The predicted octanol–water partition coefficient (Wildman–Crippen LogP) is 2.73. The van der Waals surface area contributed by atoms with Crippen molar-refractivity contribution in [1.29, 1.82) is 0 Å². The van der Waals surface area contributed by atoms with Crippen LogP contribution in [0.1, 0.15) is 23.6 Å². The second-order valence-electron chi connectivity index (χ2n) is 5.76. The van der Waals surface area contributed by atoms with Gasteiger partial charge < -0.3 is 19.3 Å². The van der Waals surface area contributed by atoms with Crippen LogP contribution in [0.25, 0.3) is 0 Å². The zero-order chi connectivity index (χ0) is 18.7. The zero-order valence-electron chi connectivity index (χ0n) is 14.8. The maximum atomic E-state index is 11.5. The number of phenolic OH excluding ortho intramolecular Hbond substituents is 1. The summed E-state index contributed by atoms with van der Waals surface area (Å²) in [6, 6.07) is 10.1. The number of methoxy groups -OCH3 is 3. The summed E-state index contributed by atoms with van der Waals surface area (Å²) < 4.78 is 16.1. The van der Waals surface area contributed by atoms with E-state index in [0.29, 0.717) is 30.1 Å². The van der Waals surface area contributed by atoms with Crippen LogP contribution in [0.5, 0.6) is 23.0 Å². The smallest absolute Gasteiger partial charge is 0.230 e. The molecule has 0 saturated heterocycles. The van der Waals surface area contributed by atoms with E-state index in [0.717, 1.165) is 16.8 Å². The molecule has 0 aliphatic carbocycles. The van der Waals surface area contributed by atoms with Crippen LogP contribution in [-0.4, -0.2) is 43.6 Å². The van der Waals surface area contributed by atoms with Gasteiger partial charge in [-0.2, -0.15) is 5.10 Å². The number of hydrogen-bond donors (Lipinski definition) is 1. The minimum Gasteiger partial charge on any atom is -0.508 e. The van der Waals surface area contributed by atoms with Crippen molar-refractivity contribution in [2.24, 2.45) is 5.10 Å². The summed E-state index contributed by atoms with van der Waals surface area (Å²) in [7, 11) is 4.64. The maximum Gasteiger partial charge on any atom is 0.230 e. The minimum absolute atomic E-state index is 0.176. The van der Waals surface area contributed by atoms with Gasteiger partial charge in [-0.3, -0.25) is 4.79 Å². The Hall–Kier alpha value is -3.22. The average molecular weight is 356 g/mol. The first-order valence-electron chi connectivity index (χ1n) is 8.01. The Kier molecular flexibility index (Phi) is 4.97. The Morgan fingerprint density at radius 1 is 1.08 bits per heavy atom. The maximum absolute atomic E-state index is 11.5. The molecular weight excluding hydrogens is 336 g/mol. The highest BCUT2D eigenvalue weighted by molar-refractivity contribution is 6.03. The van der Waals surface area contributed by atoms with Gasteiger partial charge in [-0.05, 0) is 29.8 Å². The van der Waals surface area contributed by atoms with Crippen molar-refractivity contribution in [3.63, 3.8) is 0 Å². The number of phenols is 1. The van der Waals surface area contributed by atoms with Gasteiger partial charge in [-0.1, -0.05) is 12.1 Å². The average Bonchev–Trinajstić information content (AvgIpc) is 3.11. The lowest BCUT2D eigenvalue weighted by molar-refractivity contribution is -0.119. The summed E-state index contributed by atoms with van der Waals surface area (Å²) >= 11 is 0. The number of amides is 1. The number of rotatable bonds is 6. The third-order valence-electron chi connectivity index (χ3n) is 4.33. The fourth-order valence-electron chi connectivity index (χ4n) is 3.01. The number of ether oxygens (including phenoxy) is 3. The predicted molar refractivity (Wildman–Crippen MR) is 96.0 cm³/mol. The van der Waals surface area contributed by atoms with E-state index in [9.17, 15) is 9.90 Å². The van der Waals surface area contributed by atoms with E-state index < -0.39 is 0 Å². The van der Waals surface area contributed by atoms with Gasteiger partial charge in [0.05, 0.1) is 33.1 Å². The molecule has 0 aromatic heterocycles. The van der Waals surface area contributed by atoms with Gasteiger partial charge in [0.2, 0.25) is 12.2 Å². The van der Waals surface area contributed by atoms with Crippen LogP contribution < -0.4 is 14.2 Å². The molecule has 0 fully saturated rings. The van der Waals surface area contributed by atoms with Gasteiger partial charge in [-0.25, -0.2) is 5.01 Å². The quantitative estimate of drug-likeness (QED) is 0.805. The molecule has 1 aliphatic heterocycles. The van der Waals surface area contributed by atoms with E-state index in [1.165, 1.54) is 5.01 Å². The number of hydrogen-bond acceptors (Lipinski definition) is 6. The summed E-state index contributed by atoms with van der Waals surface area (Å²) in [5.74, 6) is 1.72. The summed E-state index contributed by atoms with van der Waals surface area (Å²) in [5, 5.41) is 15.3. The number of aromatic hydroxyl groups is 1. The molecule has 1 aliphatic rings. The Morgan fingerprint density at radius 2 is 1.69 bits per heavy atom. The highest BCUT2D eigenvalue weighted by atomic mass is 16.5. The minimum atomic E-state index is -0.234. The summed E-state index contributed by atoms with van der Waals surface area (Å²) in [6.45, 7) is 0. The standard InChI is InChI=1S/C19H20N2O5/c1-24-17-8-13(9-18(25-2)19(17)26-3)15-10-16(21(11-22)20-15)12-4-6-14(23)7-5-12/h4-9,11,16,23H,10H2,1-3H3/t16-/m0/s1. The molecule has 1 N–H and O–H groups in total.